The van der Waals surface area contributed by atoms with Crippen molar-refractivity contribution in [3.05, 3.63) is 67.9 Å². The van der Waals surface area contributed by atoms with E-state index in [1.807, 2.05) is 11.6 Å². The van der Waals surface area contributed by atoms with Gasteiger partial charge in [0.05, 0.1) is 52.6 Å². The van der Waals surface area contributed by atoms with Crippen molar-refractivity contribution >= 4 is 40.6 Å². The number of nitrogens with two attached hydrogens (primary N) is 1. The monoisotopic (exact) mass is 684 g/mol. The molecule has 11 nitrogen and oxygen atoms in total. The number of ether oxygens (including phenoxy) is 2. The first kappa shape index (κ1) is 32.1. The van der Waals surface area contributed by atoms with Crippen LogP contribution in [0.5, 0.6) is 6.01 Å². The third kappa shape index (κ3) is 5.83. The molecule has 2 aromatic heterocycles. The van der Waals surface area contributed by atoms with Crippen molar-refractivity contribution in [1.29, 1.82) is 0 Å². The van der Waals surface area contributed by atoms with E-state index in [2.05, 4.69) is 9.80 Å². The van der Waals surface area contributed by atoms with E-state index in [1.54, 1.807) is 31.1 Å². The van der Waals surface area contributed by atoms with Crippen LogP contribution < -0.4 is 15.4 Å². The molecule has 0 saturated carbocycles. The predicted molar refractivity (Wildman–Crippen MR) is 178 cm³/mol. The maximum Gasteiger partial charge on any atom is 0.318 e. The van der Waals surface area contributed by atoms with Crippen LogP contribution in [-0.4, -0.2) is 81.3 Å². The Labute approximate surface area is 283 Å². The van der Waals surface area contributed by atoms with Crippen molar-refractivity contribution < 1.29 is 18.7 Å². The third-order valence-electron chi connectivity index (χ3n) is 9.97. The number of aryl methyl sites for hydroxylation is 1. The van der Waals surface area contributed by atoms with E-state index < -0.39 is 6.10 Å². The average Bonchev–Trinajstić information content (AvgIpc) is 3.64. The number of nitrogens with zero attached hydrogens (tertiary/aromatic N) is 7. The van der Waals surface area contributed by atoms with Gasteiger partial charge < -0.3 is 25.0 Å². The van der Waals surface area contributed by atoms with Gasteiger partial charge in [-0.05, 0) is 56.9 Å². The van der Waals surface area contributed by atoms with Crippen LogP contribution in [0.25, 0.3) is 0 Å². The van der Waals surface area contributed by atoms with E-state index >= 15 is 0 Å². The van der Waals surface area contributed by atoms with Gasteiger partial charge in [0.1, 0.15) is 12.4 Å². The van der Waals surface area contributed by atoms with Gasteiger partial charge in [-0.3, -0.25) is 14.4 Å². The van der Waals surface area contributed by atoms with Gasteiger partial charge in [0.2, 0.25) is 0 Å². The normalized spacial score (nSPS) is 23.4. The summed E-state index contributed by atoms with van der Waals surface area (Å²) in [7, 11) is 3.46. The molecule has 0 unspecified atom stereocenters. The Morgan fingerprint density at radius 1 is 1.21 bits per heavy atom. The number of carbonyl (C=O) groups is 1. The minimum Gasteiger partial charge on any atom is -0.461 e. The molecule has 0 spiro atoms. The average molecular weight is 686 g/mol. The molecule has 2 saturated heterocycles. The number of aromatic nitrogens is 4. The van der Waals surface area contributed by atoms with Gasteiger partial charge in [-0.1, -0.05) is 23.2 Å². The van der Waals surface area contributed by atoms with Gasteiger partial charge in [-0.2, -0.15) is 15.1 Å². The minimum absolute atomic E-state index is 0.123. The van der Waals surface area contributed by atoms with Gasteiger partial charge in [0.25, 0.3) is 5.91 Å². The lowest BCUT2D eigenvalue weighted by Gasteiger charge is -2.33. The van der Waals surface area contributed by atoms with Crippen LogP contribution >= 0.6 is 23.2 Å². The first-order valence-electron chi connectivity index (χ1n) is 16.0. The number of halogens is 3. The maximum absolute atomic E-state index is 13.6. The number of rotatable bonds is 6. The number of nitrogen functional groups attached to an aromatic ring is 1. The van der Waals surface area contributed by atoms with Crippen molar-refractivity contribution in [2.75, 3.05) is 51.0 Å². The largest absolute Gasteiger partial charge is 0.461 e. The van der Waals surface area contributed by atoms with Gasteiger partial charge in [-0.15, -0.1) is 0 Å². The molecule has 3 aromatic rings. The summed E-state index contributed by atoms with van der Waals surface area (Å²) in [6.07, 6.45) is 4.14. The Hall–Kier alpha value is -3.45. The number of amides is 1. The van der Waals surface area contributed by atoms with Crippen LogP contribution in [-0.2, 0) is 30.9 Å². The number of hydrogen-bond donors (Lipinski definition) is 1. The quantitative estimate of drug-likeness (QED) is 0.347. The fourth-order valence-electron chi connectivity index (χ4n) is 7.51. The highest BCUT2D eigenvalue weighted by molar-refractivity contribution is 6.42. The fraction of sp³-hybridized carbons (Fsp3) is 0.515. The second-order valence-corrected chi connectivity index (χ2v) is 14.1. The molecular formula is C33H39Cl2FN8O3. The summed E-state index contributed by atoms with van der Waals surface area (Å²) in [5.74, 6) is 0.605. The van der Waals surface area contributed by atoms with Gasteiger partial charge in [0, 0.05) is 62.5 Å². The van der Waals surface area contributed by atoms with Crippen molar-refractivity contribution in [3.8, 4) is 6.01 Å². The molecule has 0 aliphatic carbocycles. The molecule has 1 amide bonds. The summed E-state index contributed by atoms with van der Waals surface area (Å²) in [6.45, 7) is 6.00. The Balaban J connectivity index is 1.25. The van der Waals surface area contributed by atoms with Crippen molar-refractivity contribution in [3.63, 3.8) is 0 Å². The second-order valence-electron chi connectivity index (χ2n) is 13.3. The molecule has 7 rings (SSSR count). The summed E-state index contributed by atoms with van der Waals surface area (Å²) in [5.41, 5.74) is 11.8. The highest BCUT2D eigenvalue weighted by atomic mass is 35.5. The summed E-state index contributed by atoms with van der Waals surface area (Å²) in [5, 5.41) is 5.46. The lowest BCUT2D eigenvalue weighted by atomic mass is 9.94. The van der Waals surface area contributed by atoms with Crippen LogP contribution in [0.3, 0.4) is 0 Å². The van der Waals surface area contributed by atoms with E-state index in [0.29, 0.717) is 72.6 Å². The Bertz CT molecular complexity index is 1760. The predicted octanol–water partition coefficient (Wildman–Crippen LogP) is 5.27. The highest BCUT2D eigenvalue weighted by Gasteiger charge is 2.47. The van der Waals surface area contributed by atoms with Gasteiger partial charge >= 0.3 is 6.01 Å². The highest BCUT2D eigenvalue weighted by Crippen LogP contribution is 2.43. The third-order valence-corrected chi connectivity index (χ3v) is 10.8. The molecule has 4 aliphatic rings. The first-order valence-corrected chi connectivity index (χ1v) is 16.8. The molecule has 2 N–H and O–H groups in total. The maximum atomic E-state index is 13.6. The van der Waals surface area contributed by atoms with Crippen LogP contribution in [0.2, 0.25) is 10.0 Å². The van der Waals surface area contributed by atoms with Crippen molar-refractivity contribution in [1.82, 2.24) is 29.5 Å². The van der Waals surface area contributed by atoms with Crippen LogP contribution in [0.15, 0.2) is 24.0 Å². The molecule has 14 heteroatoms. The van der Waals surface area contributed by atoms with Crippen molar-refractivity contribution in [2.45, 2.75) is 70.4 Å². The van der Waals surface area contributed by atoms with Crippen LogP contribution in [0, 0.1) is 6.92 Å². The Morgan fingerprint density at radius 3 is 2.83 bits per heavy atom. The van der Waals surface area contributed by atoms with E-state index in [1.165, 1.54) is 0 Å². The summed E-state index contributed by atoms with van der Waals surface area (Å²) >= 11 is 13.0. The lowest BCUT2D eigenvalue weighted by molar-refractivity contribution is 0.0255. The molecule has 47 heavy (non-hydrogen) atoms. The van der Waals surface area contributed by atoms with Gasteiger partial charge in [-0.25, -0.2) is 4.39 Å². The van der Waals surface area contributed by atoms with Crippen LogP contribution in [0.1, 0.15) is 70.4 Å². The molecule has 6 heterocycles. The molecule has 1 aromatic carbocycles. The zero-order valence-corrected chi connectivity index (χ0v) is 28.4. The molecule has 0 bridgehead atoms. The molecular weight excluding hydrogens is 646 g/mol. The topological polar surface area (TPSA) is 115 Å². The lowest BCUT2D eigenvalue weighted by Crippen LogP contribution is -2.43. The molecule has 2 atom stereocenters. The standard InChI is InChI=1S/C33H39Cl2FN8O3/c1-19-26-16-42(7-5-9-44(26)40-29(19)31(45)41(2)3)30-23-17-46-27(22-10-21(37)11-24(34)28(22)35)12-25(23)38-32(39-30)47-18-33-6-4-8-43(33)15-20(13-33)14-36/h10-11,14,27H,4-9,12-13,15-18,37H2,1-3H3/b20-14-/t27-,33-/m0/s1. The summed E-state index contributed by atoms with van der Waals surface area (Å²) in [6, 6.07) is 3.68. The number of fused-ring (bicyclic) bond motifs is 3. The summed E-state index contributed by atoms with van der Waals surface area (Å²) in [4.78, 5) is 28.9. The van der Waals surface area contributed by atoms with Crippen LogP contribution in [0.4, 0.5) is 15.9 Å². The van der Waals surface area contributed by atoms with E-state index in [-0.39, 0.29) is 24.1 Å². The molecule has 4 aliphatic heterocycles. The number of carbonyl (C=O) groups excluding carboxylic acids is 1. The zero-order valence-electron chi connectivity index (χ0n) is 26.9. The van der Waals surface area contributed by atoms with E-state index in [9.17, 15) is 9.18 Å². The first-order chi connectivity index (χ1) is 22.6. The Morgan fingerprint density at radius 2 is 2.04 bits per heavy atom. The van der Waals surface area contributed by atoms with Crippen molar-refractivity contribution in [2.24, 2.45) is 0 Å². The van der Waals surface area contributed by atoms with Gasteiger partial charge in [0.15, 0.2) is 5.69 Å². The second kappa shape index (κ2) is 12.5. The zero-order chi connectivity index (χ0) is 33.0. The smallest absolute Gasteiger partial charge is 0.318 e. The summed E-state index contributed by atoms with van der Waals surface area (Å²) < 4.78 is 28.4. The fourth-order valence-corrected chi connectivity index (χ4v) is 7.98. The molecule has 2 fully saturated rings. The van der Waals surface area contributed by atoms with E-state index in [4.69, 9.17) is 53.5 Å². The minimum atomic E-state index is -0.421. The number of hydrogen-bond acceptors (Lipinski definition) is 9. The Kier molecular flexibility index (Phi) is 8.57. The molecule has 0 radical (unpaired) electrons. The SMILES string of the molecule is Cc1c(C(=O)N(C)C)nn2c1CN(c1nc(OC[C@@]34CCCN3C/C(=C\F)C4)nc3c1CO[C@H](c1cc(N)cc(Cl)c1Cl)C3)CCC2. The molecule has 250 valence electrons. The number of benzene rings is 1. The number of anilines is 2. The van der Waals surface area contributed by atoms with E-state index in [0.717, 1.165) is 66.0 Å².